The maximum Gasteiger partial charge on any atom is 0.328 e. The zero-order valence-corrected chi connectivity index (χ0v) is 8.70. The summed E-state index contributed by atoms with van der Waals surface area (Å²) in [5.41, 5.74) is 0. The molecule has 0 aromatic carbocycles. The predicted molar refractivity (Wildman–Crippen MR) is 50.8 cm³/mol. The number of carbonyl (C=O) groups excluding carboxylic acids is 3. The Morgan fingerprint density at radius 1 is 1.60 bits per heavy atom. The van der Waals surface area contributed by atoms with Crippen LogP contribution in [0, 0.1) is 0 Å². The summed E-state index contributed by atoms with van der Waals surface area (Å²) >= 11 is 0. The largest absolute Gasteiger partial charge is 0.467 e. The second-order valence-electron chi connectivity index (χ2n) is 3.41. The molecule has 0 spiro atoms. The van der Waals surface area contributed by atoms with E-state index in [0.29, 0.717) is 12.8 Å². The molecule has 6 nitrogen and oxygen atoms in total. The Morgan fingerprint density at radius 3 is 2.73 bits per heavy atom. The Bertz CT molecular complexity index is 290. The van der Waals surface area contributed by atoms with E-state index < -0.39 is 18.1 Å². The normalized spacial score (nSPS) is 21.7. The van der Waals surface area contributed by atoms with Gasteiger partial charge >= 0.3 is 5.97 Å². The Kier molecular flexibility index (Phi) is 3.65. The molecule has 1 aliphatic rings. The molecular formula is C9H14N2O4. The van der Waals surface area contributed by atoms with Gasteiger partial charge < -0.3 is 15.4 Å². The maximum atomic E-state index is 11.5. The molecule has 2 amide bonds. The number of carbonyl (C=O) groups is 3. The molecular weight excluding hydrogens is 200 g/mol. The Labute approximate surface area is 87.4 Å². The average Bonchev–Trinajstić information content (AvgIpc) is 2.63. The number of amides is 2. The maximum absolute atomic E-state index is 11.5. The lowest BCUT2D eigenvalue weighted by Crippen LogP contribution is -2.47. The number of esters is 1. The summed E-state index contributed by atoms with van der Waals surface area (Å²) in [7, 11) is 1.25. The van der Waals surface area contributed by atoms with Crippen LogP contribution in [0.15, 0.2) is 0 Å². The van der Waals surface area contributed by atoms with E-state index in [1.165, 1.54) is 14.0 Å². The summed E-state index contributed by atoms with van der Waals surface area (Å²) in [6.07, 6.45) is 0.823. The minimum Gasteiger partial charge on any atom is -0.467 e. The lowest BCUT2D eigenvalue weighted by atomic mass is 10.2. The number of rotatable bonds is 3. The Balaban J connectivity index is 2.42. The number of hydrogen-bond acceptors (Lipinski definition) is 4. The van der Waals surface area contributed by atoms with Gasteiger partial charge in [0, 0.05) is 6.42 Å². The second-order valence-corrected chi connectivity index (χ2v) is 3.41. The standard InChI is InChI=1S/C9H14N2O4/c1-5(9(14)15-2)10-8(13)6-3-4-7(12)11-6/h5-6H,3-4H2,1-2H3,(H,10,13)(H,11,12)/t5?,6-/m1/s1. The molecule has 1 unspecified atom stereocenters. The van der Waals surface area contributed by atoms with Gasteiger partial charge in [-0.25, -0.2) is 4.79 Å². The third-order valence-corrected chi connectivity index (χ3v) is 2.23. The van der Waals surface area contributed by atoms with Crippen molar-refractivity contribution >= 4 is 17.8 Å². The molecule has 0 aromatic rings. The van der Waals surface area contributed by atoms with E-state index in [9.17, 15) is 14.4 Å². The highest BCUT2D eigenvalue weighted by Crippen LogP contribution is 2.06. The summed E-state index contributed by atoms with van der Waals surface area (Å²) in [5, 5.41) is 4.98. The Morgan fingerprint density at radius 2 is 2.27 bits per heavy atom. The highest BCUT2D eigenvalue weighted by molar-refractivity contribution is 5.92. The van der Waals surface area contributed by atoms with E-state index in [0.717, 1.165) is 0 Å². The first-order chi connectivity index (χ1) is 7.04. The molecule has 2 atom stereocenters. The van der Waals surface area contributed by atoms with Crippen LogP contribution in [0.3, 0.4) is 0 Å². The molecule has 1 saturated heterocycles. The van der Waals surface area contributed by atoms with E-state index in [-0.39, 0.29) is 11.8 Å². The van der Waals surface area contributed by atoms with E-state index >= 15 is 0 Å². The first-order valence-electron chi connectivity index (χ1n) is 4.72. The molecule has 1 fully saturated rings. The number of hydrogen-bond donors (Lipinski definition) is 2. The van der Waals surface area contributed by atoms with E-state index in [4.69, 9.17) is 0 Å². The van der Waals surface area contributed by atoms with Crippen LogP contribution in [-0.4, -0.2) is 37.0 Å². The van der Waals surface area contributed by atoms with Gasteiger partial charge in [0.2, 0.25) is 11.8 Å². The zero-order valence-electron chi connectivity index (χ0n) is 8.70. The predicted octanol–water partition coefficient (Wildman–Crippen LogP) is -1.06. The fourth-order valence-corrected chi connectivity index (χ4v) is 1.36. The first-order valence-corrected chi connectivity index (χ1v) is 4.72. The lowest BCUT2D eigenvalue weighted by Gasteiger charge is -2.14. The minimum atomic E-state index is -0.694. The molecule has 0 radical (unpaired) electrons. The van der Waals surface area contributed by atoms with E-state index in [2.05, 4.69) is 15.4 Å². The van der Waals surface area contributed by atoms with Crippen molar-refractivity contribution in [3.8, 4) is 0 Å². The summed E-state index contributed by atoms with van der Waals surface area (Å²) in [6.45, 7) is 1.53. The van der Waals surface area contributed by atoms with E-state index in [1.807, 2.05) is 0 Å². The van der Waals surface area contributed by atoms with Gasteiger partial charge in [-0.15, -0.1) is 0 Å². The lowest BCUT2D eigenvalue weighted by molar-refractivity contribution is -0.144. The average molecular weight is 214 g/mol. The van der Waals surface area contributed by atoms with Gasteiger partial charge in [0.1, 0.15) is 12.1 Å². The fraction of sp³-hybridized carbons (Fsp3) is 0.667. The van der Waals surface area contributed by atoms with Crippen LogP contribution in [0.2, 0.25) is 0 Å². The van der Waals surface area contributed by atoms with Gasteiger partial charge in [0.25, 0.3) is 0 Å². The summed E-state index contributed by atoms with van der Waals surface area (Å²) in [4.78, 5) is 33.3. The number of methoxy groups -OCH3 is 1. The van der Waals surface area contributed by atoms with Gasteiger partial charge in [-0.3, -0.25) is 9.59 Å². The van der Waals surface area contributed by atoms with Gasteiger partial charge in [-0.1, -0.05) is 0 Å². The summed E-state index contributed by atoms with van der Waals surface area (Å²) in [5.74, 6) is -0.993. The fourth-order valence-electron chi connectivity index (χ4n) is 1.36. The molecule has 15 heavy (non-hydrogen) atoms. The van der Waals surface area contributed by atoms with Crippen molar-refractivity contribution in [3.63, 3.8) is 0 Å². The van der Waals surface area contributed by atoms with Crippen molar-refractivity contribution < 1.29 is 19.1 Å². The van der Waals surface area contributed by atoms with E-state index in [1.54, 1.807) is 0 Å². The summed E-state index contributed by atoms with van der Waals surface area (Å²) < 4.78 is 4.46. The molecule has 1 aliphatic heterocycles. The third kappa shape index (κ3) is 2.93. The molecule has 1 heterocycles. The summed E-state index contributed by atoms with van der Waals surface area (Å²) in [6, 6.07) is -1.22. The van der Waals surface area contributed by atoms with Crippen LogP contribution in [-0.2, 0) is 19.1 Å². The van der Waals surface area contributed by atoms with Crippen molar-refractivity contribution in [1.29, 1.82) is 0 Å². The number of nitrogens with one attached hydrogen (secondary N) is 2. The molecule has 2 N–H and O–H groups in total. The SMILES string of the molecule is COC(=O)C(C)NC(=O)[C@H]1CCC(=O)N1. The highest BCUT2D eigenvalue weighted by Gasteiger charge is 2.29. The van der Waals surface area contributed by atoms with Crippen LogP contribution >= 0.6 is 0 Å². The zero-order chi connectivity index (χ0) is 11.4. The van der Waals surface area contributed by atoms with Gasteiger partial charge in [-0.2, -0.15) is 0 Å². The van der Waals surface area contributed by atoms with Crippen molar-refractivity contribution in [1.82, 2.24) is 10.6 Å². The molecule has 0 aliphatic carbocycles. The molecule has 6 heteroatoms. The minimum absolute atomic E-state index is 0.138. The highest BCUT2D eigenvalue weighted by atomic mass is 16.5. The van der Waals surface area contributed by atoms with Crippen molar-refractivity contribution in [2.45, 2.75) is 31.8 Å². The van der Waals surface area contributed by atoms with Crippen molar-refractivity contribution in [2.75, 3.05) is 7.11 Å². The topological polar surface area (TPSA) is 84.5 Å². The van der Waals surface area contributed by atoms with Crippen LogP contribution < -0.4 is 10.6 Å². The van der Waals surface area contributed by atoms with Crippen LogP contribution in [0.1, 0.15) is 19.8 Å². The monoisotopic (exact) mass is 214 g/mol. The molecule has 0 saturated carbocycles. The molecule has 0 aromatic heterocycles. The smallest absolute Gasteiger partial charge is 0.328 e. The quantitative estimate of drug-likeness (QED) is 0.587. The first kappa shape index (κ1) is 11.5. The molecule has 0 bridgehead atoms. The van der Waals surface area contributed by atoms with Crippen molar-refractivity contribution in [2.24, 2.45) is 0 Å². The second kappa shape index (κ2) is 4.77. The van der Waals surface area contributed by atoms with Crippen LogP contribution in [0.4, 0.5) is 0 Å². The van der Waals surface area contributed by atoms with Gasteiger partial charge in [0.05, 0.1) is 7.11 Å². The van der Waals surface area contributed by atoms with Gasteiger partial charge in [0.15, 0.2) is 0 Å². The molecule has 84 valence electrons. The Hall–Kier alpha value is -1.59. The number of ether oxygens (including phenoxy) is 1. The van der Waals surface area contributed by atoms with Gasteiger partial charge in [-0.05, 0) is 13.3 Å². The van der Waals surface area contributed by atoms with Crippen LogP contribution in [0.25, 0.3) is 0 Å². The van der Waals surface area contributed by atoms with Crippen molar-refractivity contribution in [3.05, 3.63) is 0 Å². The molecule has 1 rings (SSSR count). The third-order valence-electron chi connectivity index (χ3n) is 2.23. The van der Waals surface area contributed by atoms with Crippen LogP contribution in [0.5, 0.6) is 0 Å².